The van der Waals surface area contributed by atoms with Crippen molar-refractivity contribution >= 4 is 0 Å². The van der Waals surface area contributed by atoms with E-state index in [4.69, 9.17) is 4.42 Å². The number of alkyl halides is 7. The summed E-state index contributed by atoms with van der Waals surface area (Å²) < 4.78 is 99.2. The predicted molar refractivity (Wildman–Crippen MR) is 76.6 cm³/mol. The number of halogens is 7. The third-order valence-electron chi connectivity index (χ3n) is 3.86. The first kappa shape index (κ1) is 19.3. The molecule has 2 aromatic rings. The Labute approximate surface area is 139 Å². The Hall–Kier alpha value is -1.99. The Kier molecular flexibility index (Phi) is 4.94. The Morgan fingerprint density at radius 1 is 0.960 bits per heavy atom. The van der Waals surface area contributed by atoms with E-state index < -0.39 is 29.1 Å². The highest BCUT2D eigenvalue weighted by molar-refractivity contribution is 5.69. The zero-order chi connectivity index (χ0) is 19.0. The van der Waals surface area contributed by atoms with Gasteiger partial charge in [0.2, 0.25) is 0 Å². The van der Waals surface area contributed by atoms with E-state index >= 15 is 0 Å². The molecule has 0 atom stereocenters. The van der Waals surface area contributed by atoms with Crippen LogP contribution in [0.1, 0.15) is 30.5 Å². The number of furan rings is 1. The van der Waals surface area contributed by atoms with Crippen LogP contribution in [0, 0.1) is 6.07 Å². The first-order valence-corrected chi connectivity index (χ1v) is 7.42. The fourth-order valence-electron chi connectivity index (χ4n) is 2.60. The maximum Gasteiger partial charge on any atom is 0.435 e. The van der Waals surface area contributed by atoms with Crippen LogP contribution >= 0.6 is 0 Å². The summed E-state index contributed by atoms with van der Waals surface area (Å²) in [5.74, 6) is -0.277. The molecule has 25 heavy (non-hydrogen) atoms. The van der Waals surface area contributed by atoms with Crippen LogP contribution in [0.15, 0.2) is 28.9 Å². The lowest BCUT2D eigenvalue weighted by molar-refractivity contribution is -0.348. The van der Waals surface area contributed by atoms with Gasteiger partial charge in [-0.25, -0.2) is 4.39 Å². The van der Waals surface area contributed by atoms with Crippen molar-refractivity contribution in [3.63, 3.8) is 0 Å². The molecule has 1 heterocycles. The van der Waals surface area contributed by atoms with Gasteiger partial charge in [0.15, 0.2) is 0 Å². The number of aryl methyl sites for hydroxylation is 2. The van der Waals surface area contributed by atoms with E-state index in [1.54, 1.807) is 0 Å². The molecule has 0 N–H and O–H groups in total. The van der Waals surface area contributed by atoms with Gasteiger partial charge in [-0.05, 0) is 42.2 Å². The molecule has 0 aliphatic rings. The summed E-state index contributed by atoms with van der Waals surface area (Å²) in [5, 5.41) is 0. The largest absolute Gasteiger partial charge is 0.464 e. The fourth-order valence-corrected chi connectivity index (χ4v) is 2.60. The highest BCUT2D eigenvalue weighted by Gasteiger charge is 2.74. The molecule has 0 unspecified atom stereocenters. The zero-order valence-electron chi connectivity index (χ0n) is 13.3. The second-order valence-electron chi connectivity index (χ2n) is 5.40. The summed E-state index contributed by atoms with van der Waals surface area (Å²) >= 11 is 0. The van der Waals surface area contributed by atoms with Crippen molar-refractivity contribution in [2.24, 2.45) is 0 Å². The highest BCUT2D eigenvalue weighted by Crippen LogP contribution is 2.56. The van der Waals surface area contributed by atoms with Crippen molar-refractivity contribution in [1.82, 2.24) is 0 Å². The van der Waals surface area contributed by atoms with Crippen LogP contribution in [0.4, 0.5) is 30.7 Å². The van der Waals surface area contributed by atoms with E-state index in [1.165, 1.54) is 26.0 Å². The second kappa shape index (κ2) is 6.38. The Morgan fingerprint density at radius 2 is 1.56 bits per heavy atom. The van der Waals surface area contributed by atoms with Gasteiger partial charge in [0.05, 0.1) is 6.26 Å². The summed E-state index contributed by atoms with van der Waals surface area (Å²) in [6.07, 6.45) is -11.1. The lowest BCUT2D eigenvalue weighted by Gasteiger charge is -2.32. The molecule has 137 valence electrons. The molecule has 1 aromatic carbocycles. The molecule has 1 nitrogen and oxygen atoms in total. The average molecular weight is 367 g/mol. The lowest BCUT2D eigenvalue weighted by Crippen LogP contribution is -2.50. The number of hydrogen-bond donors (Lipinski definition) is 0. The molecule has 0 aliphatic carbocycles. The SMILES string of the molecule is CCc1[c]c(CC)c(-c2ccco2)c(C(F)(C(F)(F)F)C(F)(F)F)c1. The molecule has 0 fully saturated rings. The molecule has 1 aromatic heterocycles. The second-order valence-corrected chi connectivity index (χ2v) is 5.40. The molecule has 8 heteroatoms. The van der Waals surface area contributed by atoms with Crippen LogP contribution in [0.3, 0.4) is 0 Å². The summed E-state index contributed by atoms with van der Waals surface area (Å²) in [7, 11) is 0. The van der Waals surface area contributed by atoms with Crippen molar-refractivity contribution in [1.29, 1.82) is 0 Å². The van der Waals surface area contributed by atoms with Gasteiger partial charge in [0, 0.05) is 11.1 Å². The van der Waals surface area contributed by atoms with Gasteiger partial charge in [0.1, 0.15) is 5.76 Å². The first-order chi connectivity index (χ1) is 11.5. The van der Waals surface area contributed by atoms with Crippen molar-refractivity contribution in [3.8, 4) is 11.3 Å². The third-order valence-corrected chi connectivity index (χ3v) is 3.86. The fraction of sp³-hybridized carbons (Fsp3) is 0.412. The molecule has 0 amide bonds. The van der Waals surface area contributed by atoms with Crippen LogP contribution in [-0.2, 0) is 18.5 Å². The molecule has 2 rings (SSSR count). The topological polar surface area (TPSA) is 13.1 Å². The monoisotopic (exact) mass is 367 g/mol. The number of rotatable bonds is 4. The van der Waals surface area contributed by atoms with E-state index in [1.807, 2.05) is 0 Å². The van der Waals surface area contributed by atoms with Gasteiger partial charge >= 0.3 is 18.0 Å². The molecule has 0 saturated carbocycles. The minimum Gasteiger partial charge on any atom is -0.464 e. The summed E-state index contributed by atoms with van der Waals surface area (Å²) in [6.45, 7) is 3.06. The van der Waals surface area contributed by atoms with Crippen molar-refractivity contribution in [2.75, 3.05) is 0 Å². The predicted octanol–water partition coefficient (Wildman–Crippen LogP) is 6.16. The maximum absolute atomic E-state index is 14.7. The highest BCUT2D eigenvalue weighted by atomic mass is 19.4. The van der Waals surface area contributed by atoms with Gasteiger partial charge < -0.3 is 4.42 Å². The van der Waals surface area contributed by atoms with Gasteiger partial charge in [-0.15, -0.1) is 0 Å². The van der Waals surface area contributed by atoms with E-state index in [0.717, 1.165) is 6.26 Å². The number of benzene rings is 1. The molecular weight excluding hydrogens is 353 g/mol. The normalized spacial score (nSPS) is 13.3. The Morgan fingerprint density at radius 3 is 1.96 bits per heavy atom. The average Bonchev–Trinajstić information content (AvgIpc) is 3.04. The van der Waals surface area contributed by atoms with Gasteiger partial charge in [-0.1, -0.05) is 19.9 Å². The van der Waals surface area contributed by atoms with E-state index in [9.17, 15) is 30.7 Å². The summed E-state index contributed by atoms with van der Waals surface area (Å²) in [5.41, 5.74) is -7.53. The molecule has 0 aliphatic heterocycles. The smallest absolute Gasteiger partial charge is 0.435 e. The summed E-state index contributed by atoms with van der Waals surface area (Å²) in [6, 6.07) is 5.81. The van der Waals surface area contributed by atoms with E-state index in [2.05, 4.69) is 6.07 Å². The summed E-state index contributed by atoms with van der Waals surface area (Å²) in [4.78, 5) is 0. The Balaban J connectivity index is 2.95. The quantitative estimate of drug-likeness (QED) is 0.590. The van der Waals surface area contributed by atoms with Crippen LogP contribution in [-0.4, -0.2) is 12.4 Å². The minimum atomic E-state index is -6.19. The van der Waals surface area contributed by atoms with Gasteiger partial charge in [-0.3, -0.25) is 0 Å². The third kappa shape index (κ3) is 3.14. The van der Waals surface area contributed by atoms with Gasteiger partial charge in [-0.2, -0.15) is 26.3 Å². The maximum atomic E-state index is 14.7. The first-order valence-electron chi connectivity index (χ1n) is 7.42. The zero-order valence-corrected chi connectivity index (χ0v) is 13.3. The van der Waals surface area contributed by atoms with Crippen LogP contribution in [0.25, 0.3) is 11.3 Å². The lowest BCUT2D eigenvalue weighted by atomic mass is 9.84. The standard InChI is InChI=1S/C17H14F7O/c1-3-10-8-11(4-2)14(13-6-5-7-25-13)12(9-10)15(18,16(19,20)21)17(22,23)24/h5-7,9H,3-4H2,1-2H3. The van der Waals surface area contributed by atoms with E-state index in [-0.39, 0.29) is 29.7 Å². The molecule has 0 spiro atoms. The number of hydrogen-bond acceptors (Lipinski definition) is 1. The minimum absolute atomic E-state index is 0.0276. The molecular formula is C17H14F7O. The van der Waals surface area contributed by atoms with Crippen LogP contribution in [0.5, 0.6) is 0 Å². The van der Waals surface area contributed by atoms with E-state index in [0.29, 0.717) is 6.07 Å². The Bertz CT molecular complexity index is 713. The van der Waals surface area contributed by atoms with Crippen molar-refractivity contribution in [3.05, 3.63) is 47.2 Å². The molecule has 0 bridgehead atoms. The molecule has 1 radical (unpaired) electrons. The van der Waals surface area contributed by atoms with Gasteiger partial charge in [0.25, 0.3) is 0 Å². The van der Waals surface area contributed by atoms with Crippen LogP contribution < -0.4 is 0 Å². The van der Waals surface area contributed by atoms with Crippen molar-refractivity contribution in [2.45, 2.75) is 44.7 Å². The molecule has 0 saturated heterocycles. The van der Waals surface area contributed by atoms with Crippen molar-refractivity contribution < 1.29 is 35.2 Å². The van der Waals surface area contributed by atoms with Crippen LogP contribution in [0.2, 0.25) is 0 Å².